The molecular formula is C18H18N2O4. The Morgan fingerprint density at radius 2 is 1.79 bits per heavy atom. The lowest BCUT2D eigenvalue weighted by atomic mass is 10.1. The summed E-state index contributed by atoms with van der Waals surface area (Å²) in [4.78, 5) is 23.9. The maximum atomic E-state index is 12.0. The largest absolute Gasteiger partial charge is 0.454 e. The predicted molar refractivity (Wildman–Crippen MR) is 89.0 cm³/mol. The van der Waals surface area contributed by atoms with Gasteiger partial charge in [-0.2, -0.15) is 0 Å². The van der Waals surface area contributed by atoms with E-state index >= 15 is 0 Å². The molecule has 0 saturated heterocycles. The van der Waals surface area contributed by atoms with Crippen LogP contribution in [0.15, 0.2) is 36.4 Å². The molecule has 0 spiro atoms. The van der Waals surface area contributed by atoms with Crippen molar-refractivity contribution in [1.29, 1.82) is 0 Å². The molecule has 2 amide bonds. The highest BCUT2D eigenvalue weighted by Gasteiger charge is 2.16. The fraction of sp³-hybridized carbons (Fsp3) is 0.222. The molecular weight excluding hydrogens is 308 g/mol. The first-order chi connectivity index (χ1) is 11.5. The molecule has 1 aliphatic rings. The number of benzene rings is 2. The Bertz CT molecular complexity index is 802. The van der Waals surface area contributed by atoms with E-state index in [-0.39, 0.29) is 13.3 Å². The van der Waals surface area contributed by atoms with Gasteiger partial charge in [0, 0.05) is 12.2 Å². The summed E-state index contributed by atoms with van der Waals surface area (Å²) in [5.41, 5.74) is 3.46. The van der Waals surface area contributed by atoms with E-state index in [9.17, 15) is 9.59 Å². The molecule has 24 heavy (non-hydrogen) atoms. The molecule has 2 aromatic carbocycles. The van der Waals surface area contributed by atoms with Crippen molar-refractivity contribution in [1.82, 2.24) is 5.32 Å². The Hall–Kier alpha value is -3.02. The summed E-state index contributed by atoms with van der Waals surface area (Å²) in [7, 11) is 0. The summed E-state index contributed by atoms with van der Waals surface area (Å²) in [5.74, 6) is -0.0607. The van der Waals surface area contributed by atoms with E-state index in [1.807, 2.05) is 32.0 Å². The molecule has 0 fully saturated rings. The van der Waals surface area contributed by atoms with E-state index in [4.69, 9.17) is 9.47 Å². The van der Waals surface area contributed by atoms with E-state index in [1.54, 1.807) is 18.2 Å². The Labute approximate surface area is 139 Å². The first-order valence-electron chi connectivity index (χ1n) is 7.58. The number of carbonyl (C=O) groups is 2. The number of aryl methyl sites for hydroxylation is 2. The van der Waals surface area contributed by atoms with E-state index in [1.165, 1.54) is 0 Å². The minimum absolute atomic E-state index is 0.198. The van der Waals surface area contributed by atoms with Crippen LogP contribution in [-0.4, -0.2) is 18.6 Å². The third-order valence-electron chi connectivity index (χ3n) is 3.73. The van der Waals surface area contributed by atoms with Gasteiger partial charge in [0.15, 0.2) is 11.5 Å². The maximum absolute atomic E-state index is 12.0. The van der Waals surface area contributed by atoms with Crippen molar-refractivity contribution in [3.05, 3.63) is 53.1 Å². The Kier molecular flexibility index (Phi) is 4.37. The van der Waals surface area contributed by atoms with E-state index < -0.39 is 11.8 Å². The fourth-order valence-electron chi connectivity index (χ4n) is 2.45. The van der Waals surface area contributed by atoms with Gasteiger partial charge in [-0.25, -0.2) is 0 Å². The number of hydrogen-bond acceptors (Lipinski definition) is 4. The molecule has 2 aromatic rings. The van der Waals surface area contributed by atoms with Crippen LogP contribution in [0.2, 0.25) is 0 Å². The van der Waals surface area contributed by atoms with Gasteiger partial charge in [0.05, 0.1) is 0 Å². The summed E-state index contributed by atoms with van der Waals surface area (Å²) in [6.07, 6.45) is 0. The standard InChI is InChI=1S/C18H18N2O4/c1-11-3-5-14(12(2)7-11)20-18(22)17(21)19-9-13-4-6-15-16(8-13)24-10-23-15/h3-8H,9-10H2,1-2H3,(H,19,21)(H,20,22). The Morgan fingerprint density at radius 3 is 2.58 bits per heavy atom. The molecule has 0 saturated carbocycles. The van der Waals surface area contributed by atoms with E-state index in [2.05, 4.69) is 10.6 Å². The second-order valence-electron chi connectivity index (χ2n) is 5.64. The SMILES string of the molecule is Cc1ccc(NC(=O)C(=O)NCc2ccc3c(c2)OCO3)c(C)c1. The normalized spacial score (nSPS) is 11.9. The molecule has 0 aliphatic carbocycles. The van der Waals surface area contributed by atoms with Crippen LogP contribution in [0.1, 0.15) is 16.7 Å². The van der Waals surface area contributed by atoms with Crippen molar-refractivity contribution in [3.8, 4) is 11.5 Å². The van der Waals surface area contributed by atoms with Crippen molar-refractivity contribution < 1.29 is 19.1 Å². The summed E-state index contributed by atoms with van der Waals surface area (Å²) in [6.45, 7) is 4.28. The number of amides is 2. The second kappa shape index (κ2) is 6.62. The van der Waals surface area contributed by atoms with Crippen LogP contribution < -0.4 is 20.1 Å². The molecule has 0 radical (unpaired) electrons. The van der Waals surface area contributed by atoms with Crippen molar-refractivity contribution in [2.75, 3.05) is 12.1 Å². The van der Waals surface area contributed by atoms with Gasteiger partial charge in [0.2, 0.25) is 6.79 Å². The van der Waals surface area contributed by atoms with Crippen LogP contribution >= 0.6 is 0 Å². The summed E-state index contributed by atoms with van der Waals surface area (Å²) < 4.78 is 10.5. The van der Waals surface area contributed by atoms with Gasteiger partial charge in [0.25, 0.3) is 0 Å². The second-order valence-corrected chi connectivity index (χ2v) is 5.64. The fourth-order valence-corrected chi connectivity index (χ4v) is 2.45. The quantitative estimate of drug-likeness (QED) is 0.849. The van der Waals surface area contributed by atoms with Crippen molar-refractivity contribution in [2.45, 2.75) is 20.4 Å². The monoisotopic (exact) mass is 326 g/mol. The zero-order chi connectivity index (χ0) is 17.1. The zero-order valence-corrected chi connectivity index (χ0v) is 13.5. The van der Waals surface area contributed by atoms with Crippen LogP contribution in [0, 0.1) is 13.8 Å². The molecule has 124 valence electrons. The van der Waals surface area contributed by atoms with Crippen LogP contribution in [0.5, 0.6) is 11.5 Å². The van der Waals surface area contributed by atoms with Crippen molar-refractivity contribution in [2.24, 2.45) is 0 Å². The summed E-state index contributed by atoms with van der Waals surface area (Å²) >= 11 is 0. The third kappa shape index (κ3) is 3.48. The van der Waals surface area contributed by atoms with Gasteiger partial charge in [-0.15, -0.1) is 0 Å². The molecule has 6 heteroatoms. The number of ether oxygens (including phenoxy) is 2. The molecule has 0 unspecified atom stereocenters. The van der Waals surface area contributed by atoms with Crippen LogP contribution in [-0.2, 0) is 16.1 Å². The number of carbonyl (C=O) groups excluding carboxylic acids is 2. The van der Waals surface area contributed by atoms with Gasteiger partial charge >= 0.3 is 11.8 Å². The Morgan fingerprint density at radius 1 is 1.00 bits per heavy atom. The lowest BCUT2D eigenvalue weighted by Gasteiger charge is -2.09. The van der Waals surface area contributed by atoms with Crippen LogP contribution in [0.4, 0.5) is 5.69 Å². The minimum atomic E-state index is -0.692. The van der Waals surface area contributed by atoms with Gasteiger partial charge in [-0.1, -0.05) is 23.8 Å². The number of hydrogen-bond donors (Lipinski definition) is 2. The van der Waals surface area contributed by atoms with Gasteiger partial charge in [0.1, 0.15) is 0 Å². The highest BCUT2D eigenvalue weighted by Crippen LogP contribution is 2.32. The Balaban J connectivity index is 1.57. The van der Waals surface area contributed by atoms with Crippen LogP contribution in [0.3, 0.4) is 0 Å². The van der Waals surface area contributed by atoms with E-state index in [0.29, 0.717) is 17.2 Å². The lowest BCUT2D eigenvalue weighted by molar-refractivity contribution is -0.136. The summed E-state index contributed by atoms with van der Waals surface area (Å²) in [5, 5.41) is 5.21. The molecule has 1 aliphatic heterocycles. The average Bonchev–Trinajstić information content (AvgIpc) is 3.02. The molecule has 0 atom stereocenters. The lowest BCUT2D eigenvalue weighted by Crippen LogP contribution is -2.35. The zero-order valence-electron chi connectivity index (χ0n) is 13.5. The first kappa shape index (κ1) is 15.9. The topological polar surface area (TPSA) is 76.7 Å². The highest BCUT2D eigenvalue weighted by atomic mass is 16.7. The molecule has 0 aromatic heterocycles. The molecule has 3 rings (SSSR count). The van der Waals surface area contributed by atoms with Gasteiger partial charge < -0.3 is 20.1 Å². The molecule has 0 bridgehead atoms. The molecule has 6 nitrogen and oxygen atoms in total. The smallest absolute Gasteiger partial charge is 0.313 e. The maximum Gasteiger partial charge on any atom is 0.313 e. The third-order valence-corrected chi connectivity index (χ3v) is 3.73. The van der Waals surface area contributed by atoms with Crippen molar-refractivity contribution >= 4 is 17.5 Å². The van der Waals surface area contributed by atoms with Gasteiger partial charge in [-0.05, 0) is 43.2 Å². The van der Waals surface area contributed by atoms with Crippen LogP contribution in [0.25, 0.3) is 0 Å². The average molecular weight is 326 g/mol. The number of nitrogens with one attached hydrogen (secondary N) is 2. The predicted octanol–water partition coefficient (Wildman–Crippen LogP) is 2.29. The summed E-state index contributed by atoms with van der Waals surface area (Å²) in [6, 6.07) is 11.0. The van der Waals surface area contributed by atoms with Crippen molar-refractivity contribution in [3.63, 3.8) is 0 Å². The highest BCUT2D eigenvalue weighted by molar-refractivity contribution is 6.39. The van der Waals surface area contributed by atoms with E-state index in [0.717, 1.165) is 16.7 Å². The number of anilines is 1. The molecule has 2 N–H and O–H groups in total. The first-order valence-corrected chi connectivity index (χ1v) is 7.58. The van der Waals surface area contributed by atoms with Gasteiger partial charge in [-0.3, -0.25) is 9.59 Å². The molecule has 1 heterocycles. The number of rotatable bonds is 3. The number of fused-ring (bicyclic) bond motifs is 1. The minimum Gasteiger partial charge on any atom is -0.454 e.